The van der Waals surface area contributed by atoms with Crippen molar-refractivity contribution in [2.24, 2.45) is 10.9 Å². The number of aryl methyl sites for hydroxylation is 1. The standard InChI is InChI=1S/C19H12ClF7N2O2/c1-8-4-9(2-3-11(8)16(28)30)14-7-17(31-29-14,19(25,26)27)12-5-10(18(22,23)24)6-13(20)15(12)21/h2-6H,7H2,1H3,(H2,28,30)/t17-/m0/s1. The summed E-state index contributed by atoms with van der Waals surface area (Å²) in [4.78, 5) is 15.9. The van der Waals surface area contributed by atoms with Crippen LogP contribution >= 0.6 is 11.6 Å². The quantitative estimate of drug-likeness (QED) is 0.606. The summed E-state index contributed by atoms with van der Waals surface area (Å²) in [5.41, 5.74) is -1.15. The number of rotatable bonds is 3. The highest BCUT2D eigenvalue weighted by Gasteiger charge is 2.64. The predicted molar refractivity (Wildman–Crippen MR) is 96.1 cm³/mol. The van der Waals surface area contributed by atoms with E-state index >= 15 is 0 Å². The highest BCUT2D eigenvalue weighted by Crippen LogP contribution is 2.51. The maximum Gasteiger partial charge on any atom is 0.435 e. The monoisotopic (exact) mass is 468 g/mol. The van der Waals surface area contributed by atoms with E-state index in [4.69, 9.17) is 17.3 Å². The zero-order chi connectivity index (χ0) is 23.4. The molecule has 0 aliphatic carbocycles. The van der Waals surface area contributed by atoms with Gasteiger partial charge >= 0.3 is 12.4 Å². The number of alkyl halides is 6. The molecule has 0 fully saturated rings. The molecule has 1 aliphatic heterocycles. The third-order valence-electron chi connectivity index (χ3n) is 4.80. The summed E-state index contributed by atoms with van der Waals surface area (Å²) in [6.45, 7) is 1.48. The lowest BCUT2D eigenvalue weighted by atomic mass is 9.85. The second-order valence-corrected chi connectivity index (χ2v) is 7.25. The zero-order valence-electron chi connectivity index (χ0n) is 15.5. The van der Waals surface area contributed by atoms with Crippen molar-refractivity contribution in [1.29, 1.82) is 0 Å². The zero-order valence-corrected chi connectivity index (χ0v) is 16.2. The van der Waals surface area contributed by atoms with Crippen molar-refractivity contribution in [1.82, 2.24) is 0 Å². The van der Waals surface area contributed by atoms with Crippen molar-refractivity contribution in [3.05, 3.63) is 69.0 Å². The van der Waals surface area contributed by atoms with Crippen LogP contribution in [0.15, 0.2) is 35.5 Å². The van der Waals surface area contributed by atoms with E-state index in [9.17, 15) is 35.5 Å². The van der Waals surface area contributed by atoms with Crippen molar-refractivity contribution in [3.63, 3.8) is 0 Å². The molecule has 12 heteroatoms. The van der Waals surface area contributed by atoms with Crippen LogP contribution in [0.3, 0.4) is 0 Å². The summed E-state index contributed by atoms with van der Waals surface area (Å²) in [7, 11) is 0. The van der Waals surface area contributed by atoms with Gasteiger partial charge in [-0.05, 0) is 42.3 Å². The molecule has 0 unspecified atom stereocenters. The van der Waals surface area contributed by atoms with Gasteiger partial charge in [-0.3, -0.25) is 4.79 Å². The number of hydrogen-bond donors (Lipinski definition) is 1. The van der Waals surface area contributed by atoms with Crippen LogP contribution < -0.4 is 5.73 Å². The van der Waals surface area contributed by atoms with Crippen LogP contribution in [0.2, 0.25) is 5.02 Å². The predicted octanol–water partition coefficient (Wildman–Crippen LogP) is 5.49. The topological polar surface area (TPSA) is 64.7 Å². The lowest BCUT2D eigenvalue weighted by molar-refractivity contribution is -0.276. The molecular weight excluding hydrogens is 457 g/mol. The lowest BCUT2D eigenvalue weighted by Gasteiger charge is -2.30. The average Bonchev–Trinajstić information content (AvgIpc) is 3.09. The Bertz CT molecular complexity index is 1100. The molecular formula is C19H12ClF7N2O2. The SMILES string of the molecule is Cc1cc(C2=NO[C@@](c3cc(C(F)(F)F)cc(Cl)c3F)(C(F)(F)F)C2)ccc1C(N)=O. The summed E-state index contributed by atoms with van der Waals surface area (Å²) < 4.78 is 96.0. The van der Waals surface area contributed by atoms with Crippen molar-refractivity contribution in [2.75, 3.05) is 0 Å². The summed E-state index contributed by atoms with van der Waals surface area (Å²) in [5, 5.41) is 2.22. The van der Waals surface area contributed by atoms with Gasteiger partial charge in [-0.15, -0.1) is 0 Å². The first kappa shape index (κ1) is 22.9. The van der Waals surface area contributed by atoms with E-state index < -0.39 is 52.2 Å². The van der Waals surface area contributed by atoms with Gasteiger partial charge in [0.25, 0.3) is 5.60 Å². The molecule has 0 saturated heterocycles. The number of carbonyl (C=O) groups is 1. The number of nitrogens with two attached hydrogens (primary N) is 1. The van der Waals surface area contributed by atoms with Gasteiger partial charge in [0.2, 0.25) is 5.91 Å². The second kappa shape index (κ2) is 7.40. The molecule has 1 atom stereocenters. The number of amides is 1. The number of hydrogen-bond acceptors (Lipinski definition) is 3. The molecule has 0 aromatic heterocycles. The van der Waals surface area contributed by atoms with Gasteiger partial charge in [-0.1, -0.05) is 22.8 Å². The van der Waals surface area contributed by atoms with Crippen LogP contribution in [0.4, 0.5) is 30.7 Å². The van der Waals surface area contributed by atoms with Crippen LogP contribution in [-0.4, -0.2) is 17.8 Å². The van der Waals surface area contributed by atoms with Crippen LogP contribution in [0, 0.1) is 12.7 Å². The van der Waals surface area contributed by atoms with E-state index in [1.54, 1.807) is 0 Å². The molecule has 0 radical (unpaired) electrons. The van der Waals surface area contributed by atoms with Gasteiger partial charge in [0, 0.05) is 11.1 Å². The van der Waals surface area contributed by atoms with Crippen molar-refractivity contribution >= 4 is 23.2 Å². The molecule has 4 nitrogen and oxygen atoms in total. The summed E-state index contributed by atoms with van der Waals surface area (Å²) >= 11 is 5.46. The van der Waals surface area contributed by atoms with Crippen molar-refractivity contribution in [3.8, 4) is 0 Å². The maximum absolute atomic E-state index is 14.6. The van der Waals surface area contributed by atoms with Gasteiger partial charge in [0.15, 0.2) is 0 Å². The first-order chi connectivity index (χ1) is 14.2. The summed E-state index contributed by atoms with van der Waals surface area (Å²) in [6, 6.07) is 4.01. The van der Waals surface area contributed by atoms with E-state index in [0.717, 1.165) is 0 Å². The Labute approximate surface area is 175 Å². The third-order valence-corrected chi connectivity index (χ3v) is 5.08. The highest BCUT2D eigenvalue weighted by molar-refractivity contribution is 6.30. The fraction of sp³-hybridized carbons (Fsp3) is 0.263. The number of nitrogens with zero attached hydrogens (tertiary/aromatic N) is 1. The molecule has 0 saturated carbocycles. The Morgan fingerprint density at radius 3 is 2.32 bits per heavy atom. The Morgan fingerprint density at radius 2 is 1.81 bits per heavy atom. The van der Waals surface area contributed by atoms with E-state index in [0.29, 0.717) is 5.56 Å². The average molecular weight is 469 g/mol. The van der Waals surface area contributed by atoms with E-state index in [2.05, 4.69) is 9.99 Å². The third kappa shape index (κ3) is 3.93. The van der Waals surface area contributed by atoms with Gasteiger partial charge in [-0.25, -0.2) is 4.39 Å². The largest absolute Gasteiger partial charge is 0.435 e. The molecule has 2 aromatic rings. The normalized spacial score (nSPS) is 19.2. The molecule has 0 bridgehead atoms. The molecule has 2 aromatic carbocycles. The van der Waals surface area contributed by atoms with Gasteiger partial charge < -0.3 is 10.6 Å². The first-order valence-electron chi connectivity index (χ1n) is 8.46. The van der Waals surface area contributed by atoms with Crippen molar-refractivity contribution in [2.45, 2.75) is 31.3 Å². The minimum Gasteiger partial charge on any atom is -0.374 e. The molecule has 3 rings (SSSR count). The minimum atomic E-state index is -5.35. The molecule has 2 N–H and O–H groups in total. The van der Waals surface area contributed by atoms with Crippen LogP contribution in [0.1, 0.15) is 39.0 Å². The van der Waals surface area contributed by atoms with Gasteiger partial charge in [0.05, 0.1) is 22.7 Å². The van der Waals surface area contributed by atoms with Crippen LogP contribution in [0.25, 0.3) is 0 Å². The number of primary amides is 1. The molecule has 0 spiro atoms. The van der Waals surface area contributed by atoms with Gasteiger partial charge in [-0.2, -0.15) is 26.3 Å². The van der Waals surface area contributed by atoms with Crippen molar-refractivity contribution < 1.29 is 40.4 Å². The molecule has 166 valence electrons. The number of benzene rings is 2. The van der Waals surface area contributed by atoms with Crippen LogP contribution in [-0.2, 0) is 16.6 Å². The molecule has 1 heterocycles. The molecule has 1 aliphatic rings. The Morgan fingerprint density at radius 1 is 1.16 bits per heavy atom. The Hall–Kier alpha value is -2.82. The van der Waals surface area contributed by atoms with Gasteiger partial charge in [0.1, 0.15) is 5.82 Å². The maximum atomic E-state index is 14.6. The Balaban J connectivity index is 2.12. The smallest absolute Gasteiger partial charge is 0.374 e. The highest BCUT2D eigenvalue weighted by atomic mass is 35.5. The summed E-state index contributed by atoms with van der Waals surface area (Å²) in [5.74, 6) is -2.47. The number of halogens is 8. The minimum absolute atomic E-state index is 0.00853. The fourth-order valence-corrected chi connectivity index (χ4v) is 3.42. The number of carbonyl (C=O) groups excluding carboxylic acids is 1. The fourth-order valence-electron chi connectivity index (χ4n) is 3.20. The first-order valence-corrected chi connectivity index (χ1v) is 8.84. The Kier molecular flexibility index (Phi) is 5.45. The van der Waals surface area contributed by atoms with Crippen LogP contribution in [0.5, 0.6) is 0 Å². The van der Waals surface area contributed by atoms with E-state index in [1.807, 2.05) is 0 Å². The number of oxime groups is 1. The summed E-state index contributed by atoms with van der Waals surface area (Å²) in [6.07, 6.45) is -11.6. The van der Waals surface area contributed by atoms with E-state index in [-0.39, 0.29) is 29.0 Å². The van der Waals surface area contributed by atoms with E-state index in [1.165, 1.54) is 25.1 Å². The lowest BCUT2D eigenvalue weighted by Crippen LogP contribution is -2.43. The molecule has 1 amide bonds. The second-order valence-electron chi connectivity index (χ2n) is 6.84. The molecule has 31 heavy (non-hydrogen) atoms.